The van der Waals surface area contributed by atoms with Crippen molar-refractivity contribution >= 4 is 16.3 Å². The Labute approximate surface area is 115 Å². The molecule has 0 saturated carbocycles. The lowest BCUT2D eigenvalue weighted by Crippen LogP contribution is -2.17. The summed E-state index contributed by atoms with van der Waals surface area (Å²) >= 11 is 1.27. The molecule has 0 unspecified atom stereocenters. The lowest BCUT2D eigenvalue weighted by atomic mass is 10.1. The van der Waals surface area contributed by atoms with Crippen LogP contribution in [-0.4, -0.2) is 21.0 Å². The number of fused-ring (bicyclic) bond motifs is 1. The molecule has 2 aromatic heterocycles. The number of thiazole rings is 1. The van der Waals surface area contributed by atoms with E-state index >= 15 is 0 Å². The van der Waals surface area contributed by atoms with Gasteiger partial charge in [0, 0.05) is 5.56 Å². The first kappa shape index (κ1) is 12.9. The Morgan fingerprint density at radius 1 is 1.25 bits per heavy atom. The van der Waals surface area contributed by atoms with Crippen LogP contribution in [0.2, 0.25) is 0 Å². The summed E-state index contributed by atoms with van der Waals surface area (Å²) in [6.07, 6.45) is -3.32. The quantitative estimate of drug-likeness (QED) is 0.725. The van der Waals surface area contributed by atoms with Crippen LogP contribution in [0.5, 0.6) is 5.75 Å². The average Bonchev–Trinajstić information content (AvgIpc) is 2.92. The predicted octanol–water partition coefficient (Wildman–Crippen LogP) is 3.66. The molecule has 0 aliphatic heterocycles. The summed E-state index contributed by atoms with van der Waals surface area (Å²) < 4.78 is 43.0. The molecular formula is C12H8F3N3OS. The van der Waals surface area contributed by atoms with E-state index in [-0.39, 0.29) is 5.75 Å². The Bertz CT molecular complexity index is 763. The molecule has 0 N–H and O–H groups in total. The van der Waals surface area contributed by atoms with Crippen LogP contribution in [0.15, 0.2) is 30.6 Å². The second-order valence-electron chi connectivity index (χ2n) is 4.01. The van der Waals surface area contributed by atoms with Crippen molar-refractivity contribution in [2.75, 3.05) is 0 Å². The number of hydrogen-bond acceptors (Lipinski definition) is 4. The van der Waals surface area contributed by atoms with E-state index in [9.17, 15) is 13.2 Å². The molecule has 0 bridgehead atoms. The Balaban J connectivity index is 2.14. The normalized spacial score (nSPS) is 12.0. The van der Waals surface area contributed by atoms with Gasteiger partial charge in [0.1, 0.15) is 12.1 Å². The van der Waals surface area contributed by atoms with E-state index in [1.54, 1.807) is 23.6 Å². The van der Waals surface area contributed by atoms with Gasteiger partial charge in [-0.2, -0.15) is 5.10 Å². The number of rotatable bonds is 2. The topological polar surface area (TPSA) is 39.4 Å². The Hall–Kier alpha value is -2.09. The van der Waals surface area contributed by atoms with E-state index in [0.29, 0.717) is 15.4 Å². The zero-order valence-corrected chi connectivity index (χ0v) is 11.0. The molecular weight excluding hydrogens is 291 g/mol. The Morgan fingerprint density at radius 3 is 2.70 bits per heavy atom. The minimum atomic E-state index is -4.72. The molecule has 3 rings (SSSR count). The van der Waals surface area contributed by atoms with Gasteiger partial charge in [-0.25, -0.2) is 9.50 Å². The maximum Gasteiger partial charge on any atom is 0.573 e. The maximum atomic E-state index is 12.4. The van der Waals surface area contributed by atoms with Gasteiger partial charge < -0.3 is 4.74 Å². The highest BCUT2D eigenvalue weighted by atomic mass is 32.1. The first-order valence-electron chi connectivity index (χ1n) is 5.60. The lowest BCUT2D eigenvalue weighted by molar-refractivity contribution is -0.274. The largest absolute Gasteiger partial charge is 0.573 e. The molecule has 8 heteroatoms. The van der Waals surface area contributed by atoms with Crippen molar-refractivity contribution < 1.29 is 17.9 Å². The van der Waals surface area contributed by atoms with Gasteiger partial charge in [-0.3, -0.25) is 0 Å². The molecule has 20 heavy (non-hydrogen) atoms. The summed E-state index contributed by atoms with van der Waals surface area (Å²) in [5.41, 5.74) is 1.10. The Kier molecular flexibility index (Phi) is 2.89. The molecule has 104 valence electrons. The van der Waals surface area contributed by atoms with E-state index in [1.165, 1.54) is 29.8 Å². The molecule has 0 spiro atoms. The summed E-state index contributed by atoms with van der Waals surface area (Å²) in [5, 5.41) is 4.02. The van der Waals surface area contributed by atoms with Crippen LogP contribution in [0.4, 0.5) is 13.2 Å². The SMILES string of the molecule is Cc1c(-c2ccccc2OC(F)(F)F)sc2ncnn12. The van der Waals surface area contributed by atoms with Crippen LogP contribution in [-0.2, 0) is 0 Å². The molecule has 0 radical (unpaired) electrons. The van der Waals surface area contributed by atoms with Gasteiger partial charge in [-0.05, 0) is 19.1 Å². The van der Waals surface area contributed by atoms with Crippen molar-refractivity contribution in [2.45, 2.75) is 13.3 Å². The third-order valence-corrected chi connectivity index (χ3v) is 3.89. The highest BCUT2D eigenvalue weighted by molar-refractivity contribution is 7.20. The van der Waals surface area contributed by atoms with E-state index in [1.807, 2.05) is 0 Å². The van der Waals surface area contributed by atoms with Crippen LogP contribution < -0.4 is 4.74 Å². The summed E-state index contributed by atoms with van der Waals surface area (Å²) in [6, 6.07) is 6.03. The molecule has 3 aromatic rings. The number of hydrogen-bond donors (Lipinski definition) is 0. The van der Waals surface area contributed by atoms with Gasteiger partial charge in [-0.15, -0.1) is 13.2 Å². The third kappa shape index (κ3) is 2.22. The van der Waals surface area contributed by atoms with Crippen molar-refractivity contribution in [3.63, 3.8) is 0 Å². The molecule has 0 fully saturated rings. The molecule has 0 amide bonds. The van der Waals surface area contributed by atoms with Gasteiger partial charge in [0.05, 0.1) is 10.6 Å². The van der Waals surface area contributed by atoms with Gasteiger partial charge in [0.15, 0.2) is 0 Å². The highest BCUT2D eigenvalue weighted by Crippen LogP contribution is 2.39. The van der Waals surface area contributed by atoms with Gasteiger partial charge >= 0.3 is 6.36 Å². The number of para-hydroxylation sites is 1. The van der Waals surface area contributed by atoms with E-state index < -0.39 is 6.36 Å². The van der Waals surface area contributed by atoms with Crippen LogP contribution in [0.3, 0.4) is 0 Å². The fraction of sp³-hybridized carbons (Fsp3) is 0.167. The van der Waals surface area contributed by atoms with Crippen molar-refractivity contribution in [3.05, 3.63) is 36.3 Å². The summed E-state index contributed by atoms with van der Waals surface area (Å²) in [5.74, 6) is -0.229. The summed E-state index contributed by atoms with van der Waals surface area (Å²) in [6.45, 7) is 1.78. The van der Waals surface area contributed by atoms with Crippen molar-refractivity contribution in [3.8, 4) is 16.2 Å². The minimum Gasteiger partial charge on any atom is -0.405 e. The first-order chi connectivity index (χ1) is 9.46. The molecule has 0 atom stereocenters. The van der Waals surface area contributed by atoms with E-state index in [0.717, 1.165) is 5.69 Å². The molecule has 0 aliphatic carbocycles. The second-order valence-corrected chi connectivity index (χ2v) is 4.99. The number of ether oxygens (including phenoxy) is 1. The highest BCUT2D eigenvalue weighted by Gasteiger charge is 2.32. The third-order valence-electron chi connectivity index (χ3n) is 2.71. The number of aromatic nitrogens is 3. The second kappa shape index (κ2) is 4.48. The van der Waals surface area contributed by atoms with Gasteiger partial charge in [0.2, 0.25) is 4.96 Å². The van der Waals surface area contributed by atoms with Crippen LogP contribution in [0, 0.1) is 6.92 Å². The predicted molar refractivity (Wildman–Crippen MR) is 67.7 cm³/mol. The van der Waals surface area contributed by atoms with E-state index in [4.69, 9.17) is 0 Å². The van der Waals surface area contributed by atoms with Crippen LogP contribution >= 0.6 is 11.3 Å². The smallest absolute Gasteiger partial charge is 0.405 e. The van der Waals surface area contributed by atoms with Crippen LogP contribution in [0.25, 0.3) is 15.4 Å². The summed E-state index contributed by atoms with van der Waals surface area (Å²) in [4.78, 5) is 5.31. The average molecular weight is 299 g/mol. The van der Waals surface area contributed by atoms with Gasteiger partial charge in [-0.1, -0.05) is 23.5 Å². The van der Waals surface area contributed by atoms with Gasteiger partial charge in [0.25, 0.3) is 0 Å². The van der Waals surface area contributed by atoms with Crippen molar-refractivity contribution in [1.82, 2.24) is 14.6 Å². The number of nitrogens with zero attached hydrogens (tertiary/aromatic N) is 3. The zero-order valence-electron chi connectivity index (χ0n) is 10.2. The lowest BCUT2D eigenvalue weighted by Gasteiger charge is -2.12. The number of alkyl halides is 3. The molecule has 4 nitrogen and oxygen atoms in total. The first-order valence-corrected chi connectivity index (χ1v) is 6.41. The van der Waals surface area contributed by atoms with Crippen LogP contribution in [0.1, 0.15) is 5.69 Å². The summed E-state index contributed by atoms with van der Waals surface area (Å²) in [7, 11) is 0. The fourth-order valence-electron chi connectivity index (χ4n) is 1.91. The van der Waals surface area contributed by atoms with Crippen molar-refractivity contribution in [2.24, 2.45) is 0 Å². The number of aryl methyl sites for hydroxylation is 1. The maximum absolute atomic E-state index is 12.4. The Morgan fingerprint density at radius 2 is 2.00 bits per heavy atom. The zero-order chi connectivity index (χ0) is 14.3. The fourth-order valence-corrected chi connectivity index (χ4v) is 2.98. The minimum absolute atomic E-state index is 0.229. The molecule has 2 heterocycles. The molecule has 0 saturated heterocycles. The molecule has 0 aliphatic rings. The monoisotopic (exact) mass is 299 g/mol. The standard InChI is InChI=1S/C12H8F3N3OS/c1-7-10(20-11-16-6-17-18(7)11)8-4-2-3-5-9(8)19-12(13,14)15/h2-6H,1H3. The number of benzene rings is 1. The van der Waals surface area contributed by atoms with Crippen molar-refractivity contribution in [1.29, 1.82) is 0 Å². The van der Waals surface area contributed by atoms with E-state index in [2.05, 4.69) is 14.8 Å². The molecule has 1 aromatic carbocycles. The number of halogens is 3.